The summed E-state index contributed by atoms with van der Waals surface area (Å²) in [5.74, 6) is 0.700. The Kier molecular flexibility index (Phi) is 4.04. The largest absolute Gasteiger partial charge is 0.489 e. The molecule has 0 radical (unpaired) electrons. The third-order valence-corrected chi connectivity index (χ3v) is 3.55. The molecule has 0 saturated carbocycles. The number of pyridine rings is 1. The summed E-state index contributed by atoms with van der Waals surface area (Å²) in [6.45, 7) is 0.334. The van der Waals surface area contributed by atoms with Gasteiger partial charge in [0.1, 0.15) is 17.5 Å². The molecular formula is C17H14ClNO2. The van der Waals surface area contributed by atoms with E-state index in [0.717, 1.165) is 22.0 Å². The van der Waals surface area contributed by atoms with Crippen LogP contribution in [0.3, 0.4) is 0 Å². The Balaban J connectivity index is 1.82. The molecule has 3 aromatic rings. The van der Waals surface area contributed by atoms with Gasteiger partial charge in [-0.3, -0.25) is 0 Å². The normalized spacial score (nSPS) is 10.8. The van der Waals surface area contributed by atoms with E-state index < -0.39 is 0 Å². The van der Waals surface area contributed by atoms with Crippen molar-refractivity contribution in [3.8, 4) is 5.75 Å². The molecule has 0 spiro atoms. The van der Waals surface area contributed by atoms with Crippen LogP contribution in [0.1, 0.15) is 11.1 Å². The number of aromatic nitrogens is 1. The van der Waals surface area contributed by atoms with Crippen LogP contribution < -0.4 is 4.74 Å². The highest BCUT2D eigenvalue weighted by Crippen LogP contribution is 2.22. The number of ether oxygens (including phenoxy) is 1. The first-order valence-electron chi connectivity index (χ1n) is 6.63. The molecule has 0 fully saturated rings. The van der Waals surface area contributed by atoms with Crippen LogP contribution >= 0.6 is 11.6 Å². The van der Waals surface area contributed by atoms with E-state index in [-0.39, 0.29) is 6.61 Å². The number of fused-ring (bicyclic) bond motifs is 1. The van der Waals surface area contributed by atoms with Gasteiger partial charge in [0.25, 0.3) is 0 Å². The number of rotatable bonds is 4. The molecule has 0 aliphatic carbocycles. The average Bonchev–Trinajstić information content (AvgIpc) is 2.53. The van der Waals surface area contributed by atoms with Crippen LogP contribution in [0.25, 0.3) is 10.9 Å². The zero-order valence-electron chi connectivity index (χ0n) is 11.3. The molecule has 106 valence electrons. The van der Waals surface area contributed by atoms with Crippen molar-refractivity contribution < 1.29 is 9.84 Å². The van der Waals surface area contributed by atoms with Crippen molar-refractivity contribution in [2.24, 2.45) is 0 Å². The van der Waals surface area contributed by atoms with Crippen LogP contribution in [0.4, 0.5) is 0 Å². The summed E-state index contributed by atoms with van der Waals surface area (Å²) in [6, 6.07) is 17.2. The molecule has 0 saturated heterocycles. The number of aliphatic hydroxyl groups is 1. The predicted octanol–water partition coefficient (Wildman–Crippen LogP) is 3.96. The second kappa shape index (κ2) is 6.12. The van der Waals surface area contributed by atoms with Crippen molar-refractivity contribution in [3.63, 3.8) is 0 Å². The van der Waals surface area contributed by atoms with Gasteiger partial charge in [0.05, 0.1) is 12.1 Å². The second-order valence-electron chi connectivity index (χ2n) is 4.73. The third-order valence-electron chi connectivity index (χ3n) is 3.23. The fourth-order valence-corrected chi connectivity index (χ4v) is 2.33. The van der Waals surface area contributed by atoms with E-state index in [1.54, 1.807) is 0 Å². The van der Waals surface area contributed by atoms with Crippen molar-refractivity contribution in [3.05, 3.63) is 70.9 Å². The predicted molar refractivity (Wildman–Crippen MR) is 83.4 cm³/mol. The molecular weight excluding hydrogens is 286 g/mol. The van der Waals surface area contributed by atoms with Crippen molar-refractivity contribution in [1.29, 1.82) is 0 Å². The zero-order valence-corrected chi connectivity index (χ0v) is 12.0. The summed E-state index contributed by atoms with van der Waals surface area (Å²) in [6.07, 6.45) is 0. The fourth-order valence-electron chi connectivity index (χ4n) is 2.13. The third kappa shape index (κ3) is 3.15. The minimum atomic E-state index is -0.00448. The highest BCUT2D eigenvalue weighted by molar-refractivity contribution is 6.30. The van der Waals surface area contributed by atoms with Gasteiger partial charge in [0, 0.05) is 10.9 Å². The summed E-state index contributed by atoms with van der Waals surface area (Å²) in [5, 5.41) is 10.6. The molecule has 3 rings (SSSR count). The Morgan fingerprint density at radius 2 is 1.90 bits per heavy atom. The molecule has 2 aromatic carbocycles. The maximum atomic E-state index is 9.12. The van der Waals surface area contributed by atoms with Crippen LogP contribution in [-0.2, 0) is 13.2 Å². The monoisotopic (exact) mass is 299 g/mol. The zero-order chi connectivity index (χ0) is 14.7. The van der Waals surface area contributed by atoms with Gasteiger partial charge < -0.3 is 9.84 Å². The molecule has 4 heteroatoms. The van der Waals surface area contributed by atoms with E-state index in [1.165, 1.54) is 0 Å². The number of hydrogen-bond acceptors (Lipinski definition) is 3. The lowest BCUT2D eigenvalue weighted by Crippen LogP contribution is -1.98. The number of para-hydroxylation sites is 1. The summed E-state index contributed by atoms with van der Waals surface area (Å²) < 4.78 is 5.73. The Labute approximate surface area is 127 Å². The first kappa shape index (κ1) is 13.9. The molecule has 3 nitrogen and oxygen atoms in total. The summed E-state index contributed by atoms with van der Waals surface area (Å²) in [4.78, 5) is 4.37. The molecule has 1 heterocycles. The molecule has 0 aliphatic heterocycles. The number of halogens is 1. The second-order valence-corrected chi connectivity index (χ2v) is 5.08. The van der Waals surface area contributed by atoms with Gasteiger partial charge in [-0.05, 0) is 29.8 Å². The van der Waals surface area contributed by atoms with Gasteiger partial charge in [-0.15, -0.1) is 0 Å². The molecule has 0 bridgehead atoms. The number of benzene rings is 2. The molecule has 21 heavy (non-hydrogen) atoms. The number of hydrogen-bond donors (Lipinski definition) is 1. The van der Waals surface area contributed by atoms with E-state index in [1.807, 2.05) is 54.6 Å². The van der Waals surface area contributed by atoms with Crippen molar-refractivity contribution in [2.45, 2.75) is 13.2 Å². The van der Waals surface area contributed by atoms with Crippen LogP contribution in [0.5, 0.6) is 5.75 Å². The molecule has 0 unspecified atom stereocenters. The summed E-state index contributed by atoms with van der Waals surface area (Å²) in [7, 11) is 0. The van der Waals surface area contributed by atoms with Gasteiger partial charge in [-0.2, -0.15) is 0 Å². The van der Waals surface area contributed by atoms with Gasteiger partial charge >= 0.3 is 0 Å². The standard InChI is InChI=1S/C17H14ClNO2/c18-17-14(9-13-5-1-2-7-16(13)19-17)11-21-15-6-3-4-12(8-15)10-20/h1-9,20H,10-11H2. The van der Waals surface area contributed by atoms with E-state index in [9.17, 15) is 0 Å². The first-order valence-corrected chi connectivity index (χ1v) is 7.01. The minimum Gasteiger partial charge on any atom is -0.489 e. The van der Waals surface area contributed by atoms with Gasteiger partial charge in [0.15, 0.2) is 0 Å². The molecule has 0 amide bonds. The lowest BCUT2D eigenvalue weighted by molar-refractivity contribution is 0.278. The Morgan fingerprint density at radius 3 is 2.76 bits per heavy atom. The quantitative estimate of drug-likeness (QED) is 0.742. The van der Waals surface area contributed by atoms with Crippen LogP contribution in [-0.4, -0.2) is 10.1 Å². The van der Waals surface area contributed by atoms with E-state index in [0.29, 0.717) is 17.5 Å². The minimum absolute atomic E-state index is 0.00448. The molecule has 0 atom stereocenters. The van der Waals surface area contributed by atoms with Crippen LogP contribution in [0, 0.1) is 0 Å². The summed E-state index contributed by atoms with van der Waals surface area (Å²) >= 11 is 6.20. The van der Waals surface area contributed by atoms with Gasteiger partial charge in [-0.25, -0.2) is 4.98 Å². The topological polar surface area (TPSA) is 42.4 Å². The SMILES string of the molecule is OCc1cccc(OCc2cc3ccccc3nc2Cl)c1. The van der Waals surface area contributed by atoms with Crippen LogP contribution in [0.15, 0.2) is 54.6 Å². The Hall–Kier alpha value is -2.10. The highest BCUT2D eigenvalue weighted by Gasteiger charge is 2.06. The summed E-state index contributed by atoms with van der Waals surface area (Å²) in [5.41, 5.74) is 2.52. The van der Waals surface area contributed by atoms with Crippen molar-refractivity contribution >= 4 is 22.5 Å². The van der Waals surface area contributed by atoms with Crippen LogP contribution in [0.2, 0.25) is 5.15 Å². The van der Waals surface area contributed by atoms with Gasteiger partial charge in [0.2, 0.25) is 0 Å². The number of nitrogens with zero attached hydrogens (tertiary/aromatic N) is 1. The maximum Gasteiger partial charge on any atom is 0.136 e. The Morgan fingerprint density at radius 1 is 1.05 bits per heavy atom. The van der Waals surface area contributed by atoms with Gasteiger partial charge in [-0.1, -0.05) is 41.9 Å². The lowest BCUT2D eigenvalue weighted by Gasteiger charge is -2.09. The van der Waals surface area contributed by atoms with E-state index in [2.05, 4.69) is 4.98 Å². The maximum absolute atomic E-state index is 9.12. The molecule has 1 aromatic heterocycles. The van der Waals surface area contributed by atoms with E-state index in [4.69, 9.17) is 21.4 Å². The highest BCUT2D eigenvalue weighted by atomic mass is 35.5. The van der Waals surface area contributed by atoms with Crippen molar-refractivity contribution in [2.75, 3.05) is 0 Å². The lowest BCUT2D eigenvalue weighted by atomic mass is 10.1. The Bertz CT molecular complexity index is 774. The molecule has 0 aliphatic rings. The van der Waals surface area contributed by atoms with E-state index >= 15 is 0 Å². The fraction of sp³-hybridized carbons (Fsp3) is 0.118. The van der Waals surface area contributed by atoms with Crippen molar-refractivity contribution in [1.82, 2.24) is 4.98 Å². The smallest absolute Gasteiger partial charge is 0.136 e. The average molecular weight is 300 g/mol. The number of aliphatic hydroxyl groups excluding tert-OH is 1. The first-order chi connectivity index (χ1) is 10.3. The molecule has 1 N–H and O–H groups in total.